The maximum absolute atomic E-state index is 10.7. The lowest BCUT2D eigenvalue weighted by Crippen LogP contribution is -2.41. The van der Waals surface area contributed by atoms with Crippen LogP contribution in [0, 0.1) is 0 Å². The second-order valence-corrected chi connectivity index (χ2v) is 4.04. The van der Waals surface area contributed by atoms with E-state index in [4.69, 9.17) is 9.84 Å². The molecule has 0 aliphatic carbocycles. The Kier molecular flexibility index (Phi) is 8.15. The quantitative estimate of drug-likeness (QED) is 0.570. The number of rotatable bonds is 9. The summed E-state index contributed by atoms with van der Waals surface area (Å²) in [5.41, 5.74) is 0. The van der Waals surface area contributed by atoms with Gasteiger partial charge in [0.1, 0.15) is 6.04 Å². The highest BCUT2D eigenvalue weighted by Gasteiger charge is 2.19. The van der Waals surface area contributed by atoms with Crippen LogP contribution in [0.2, 0.25) is 0 Å². The number of hydrogen-bond donors (Lipinski definition) is 2. The lowest BCUT2D eigenvalue weighted by molar-refractivity contribution is -0.142. The minimum absolute atomic E-state index is 0.261. The van der Waals surface area contributed by atoms with Gasteiger partial charge in [0.05, 0.1) is 12.7 Å². The van der Waals surface area contributed by atoms with Gasteiger partial charge in [0.15, 0.2) is 0 Å². The molecule has 0 radical (unpaired) electrons. The summed E-state index contributed by atoms with van der Waals surface area (Å²) >= 11 is 0. The van der Waals surface area contributed by atoms with Crippen molar-refractivity contribution in [3.63, 3.8) is 0 Å². The van der Waals surface area contributed by atoms with E-state index in [1.54, 1.807) is 18.9 Å². The average Bonchev–Trinajstić information content (AvgIpc) is 2.23. The molecule has 0 rings (SSSR count). The Balaban J connectivity index is 3.69. The van der Waals surface area contributed by atoms with Gasteiger partial charge in [0.2, 0.25) is 0 Å². The Morgan fingerprint density at radius 3 is 2.62 bits per heavy atom. The number of carbonyl (C=O) groups is 1. The van der Waals surface area contributed by atoms with E-state index in [0.29, 0.717) is 13.2 Å². The van der Waals surface area contributed by atoms with E-state index >= 15 is 0 Å². The van der Waals surface area contributed by atoms with Crippen molar-refractivity contribution < 1.29 is 19.7 Å². The standard InChI is InChI=1S/C11H23NO4/c1-4-5-6-16-8-10(13)7-12(3)9(2)11(14)15/h9-10,13H,4-8H2,1-3H3,(H,14,15). The number of ether oxygens (including phenoxy) is 1. The summed E-state index contributed by atoms with van der Waals surface area (Å²) in [6.07, 6.45) is 1.41. The monoisotopic (exact) mass is 233 g/mol. The number of likely N-dealkylation sites (N-methyl/N-ethyl adjacent to an activating group) is 1. The maximum Gasteiger partial charge on any atom is 0.320 e. The van der Waals surface area contributed by atoms with Gasteiger partial charge in [-0.25, -0.2) is 0 Å². The van der Waals surface area contributed by atoms with Crippen LogP contribution in [-0.4, -0.2) is 60.0 Å². The molecule has 5 nitrogen and oxygen atoms in total. The number of aliphatic carboxylic acids is 1. The largest absolute Gasteiger partial charge is 0.480 e. The first-order chi connectivity index (χ1) is 7.49. The Hall–Kier alpha value is -0.650. The van der Waals surface area contributed by atoms with E-state index in [-0.39, 0.29) is 6.61 Å². The smallest absolute Gasteiger partial charge is 0.320 e. The molecule has 0 aromatic rings. The van der Waals surface area contributed by atoms with Crippen molar-refractivity contribution >= 4 is 5.97 Å². The van der Waals surface area contributed by atoms with Gasteiger partial charge in [0.25, 0.3) is 0 Å². The van der Waals surface area contributed by atoms with Crippen LogP contribution in [0.1, 0.15) is 26.7 Å². The van der Waals surface area contributed by atoms with Crippen molar-refractivity contribution in [2.24, 2.45) is 0 Å². The Bertz CT molecular complexity index is 198. The fourth-order valence-electron chi connectivity index (χ4n) is 1.20. The van der Waals surface area contributed by atoms with Crippen molar-refractivity contribution in [3.8, 4) is 0 Å². The molecular weight excluding hydrogens is 210 g/mol. The number of carboxylic acid groups (broad SMARTS) is 1. The van der Waals surface area contributed by atoms with Gasteiger partial charge in [-0.2, -0.15) is 0 Å². The van der Waals surface area contributed by atoms with Crippen LogP contribution < -0.4 is 0 Å². The van der Waals surface area contributed by atoms with Gasteiger partial charge in [-0.3, -0.25) is 9.69 Å². The molecule has 0 saturated heterocycles. The molecule has 0 aliphatic rings. The van der Waals surface area contributed by atoms with Gasteiger partial charge in [-0.15, -0.1) is 0 Å². The van der Waals surface area contributed by atoms with E-state index in [1.165, 1.54) is 0 Å². The van der Waals surface area contributed by atoms with Crippen LogP contribution in [0.3, 0.4) is 0 Å². The van der Waals surface area contributed by atoms with Crippen molar-refractivity contribution in [1.29, 1.82) is 0 Å². The Morgan fingerprint density at radius 1 is 1.50 bits per heavy atom. The molecule has 0 fully saturated rings. The normalized spacial score (nSPS) is 15.1. The second kappa shape index (κ2) is 8.50. The van der Waals surface area contributed by atoms with Gasteiger partial charge in [0, 0.05) is 13.2 Å². The van der Waals surface area contributed by atoms with Crippen LogP contribution in [0.15, 0.2) is 0 Å². The van der Waals surface area contributed by atoms with Gasteiger partial charge in [-0.05, 0) is 20.4 Å². The Labute approximate surface area is 97.0 Å². The molecule has 0 aliphatic heterocycles. The zero-order chi connectivity index (χ0) is 12.6. The highest BCUT2D eigenvalue weighted by molar-refractivity contribution is 5.72. The molecule has 0 amide bonds. The molecule has 96 valence electrons. The van der Waals surface area contributed by atoms with E-state index < -0.39 is 18.1 Å². The van der Waals surface area contributed by atoms with Crippen LogP contribution in [0.5, 0.6) is 0 Å². The predicted molar refractivity (Wildman–Crippen MR) is 61.5 cm³/mol. The van der Waals surface area contributed by atoms with Gasteiger partial charge >= 0.3 is 5.97 Å². The minimum Gasteiger partial charge on any atom is -0.480 e. The number of carboxylic acids is 1. The SMILES string of the molecule is CCCCOCC(O)CN(C)C(C)C(=O)O. The average molecular weight is 233 g/mol. The summed E-state index contributed by atoms with van der Waals surface area (Å²) in [6.45, 7) is 4.87. The number of hydrogen-bond acceptors (Lipinski definition) is 4. The highest BCUT2D eigenvalue weighted by Crippen LogP contribution is 1.99. The second-order valence-electron chi connectivity index (χ2n) is 4.04. The molecule has 0 bridgehead atoms. The fraction of sp³-hybridized carbons (Fsp3) is 0.909. The molecule has 16 heavy (non-hydrogen) atoms. The molecule has 2 N–H and O–H groups in total. The topological polar surface area (TPSA) is 70.0 Å². The van der Waals surface area contributed by atoms with Crippen molar-refractivity contribution in [2.75, 3.05) is 26.8 Å². The molecule has 0 spiro atoms. The third-order valence-corrected chi connectivity index (χ3v) is 2.47. The first kappa shape index (κ1) is 15.3. The maximum atomic E-state index is 10.7. The fourth-order valence-corrected chi connectivity index (χ4v) is 1.20. The Morgan fingerprint density at radius 2 is 2.12 bits per heavy atom. The number of nitrogens with zero attached hydrogens (tertiary/aromatic N) is 1. The first-order valence-corrected chi connectivity index (χ1v) is 5.67. The predicted octanol–water partition coefficient (Wildman–Crippen LogP) is 0.569. The molecule has 2 unspecified atom stereocenters. The van der Waals surface area contributed by atoms with Crippen LogP contribution >= 0.6 is 0 Å². The molecule has 0 aromatic heterocycles. The minimum atomic E-state index is -0.887. The summed E-state index contributed by atoms with van der Waals surface area (Å²) < 4.78 is 5.25. The third kappa shape index (κ3) is 6.76. The van der Waals surface area contributed by atoms with Gasteiger partial charge in [-0.1, -0.05) is 13.3 Å². The molecule has 0 aromatic carbocycles. The number of aliphatic hydroxyl groups is 1. The van der Waals surface area contributed by atoms with Gasteiger partial charge < -0.3 is 14.9 Å². The summed E-state index contributed by atoms with van der Waals surface area (Å²) in [4.78, 5) is 12.3. The number of aliphatic hydroxyl groups excluding tert-OH is 1. The molecular formula is C11H23NO4. The van der Waals surface area contributed by atoms with Crippen LogP contribution in [0.4, 0.5) is 0 Å². The third-order valence-electron chi connectivity index (χ3n) is 2.47. The lowest BCUT2D eigenvalue weighted by atomic mass is 10.2. The molecule has 0 heterocycles. The van der Waals surface area contributed by atoms with E-state index in [2.05, 4.69) is 6.92 Å². The van der Waals surface area contributed by atoms with E-state index in [1.807, 2.05) is 0 Å². The summed E-state index contributed by atoms with van der Waals surface area (Å²) in [5.74, 6) is -0.887. The van der Waals surface area contributed by atoms with Crippen molar-refractivity contribution in [3.05, 3.63) is 0 Å². The number of unbranched alkanes of at least 4 members (excludes halogenated alkanes) is 1. The zero-order valence-corrected chi connectivity index (χ0v) is 10.3. The van der Waals surface area contributed by atoms with Crippen molar-refractivity contribution in [1.82, 2.24) is 4.90 Å². The molecule has 0 saturated carbocycles. The summed E-state index contributed by atoms with van der Waals surface area (Å²) in [6, 6.07) is -0.592. The van der Waals surface area contributed by atoms with Crippen LogP contribution in [0.25, 0.3) is 0 Å². The molecule has 5 heteroatoms. The zero-order valence-electron chi connectivity index (χ0n) is 10.3. The van der Waals surface area contributed by atoms with E-state index in [0.717, 1.165) is 12.8 Å². The summed E-state index contributed by atoms with van der Waals surface area (Å²) in [5, 5.41) is 18.3. The lowest BCUT2D eigenvalue weighted by Gasteiger charge is -2.23. The van der Waals surface area contributed by atoms with Crippen LogP contribution in [-0.2, 0) is 9.53 Å². The first-order valence-electron chi connectivity index (χ1n) is 5.67. The summed E-state index contributed by atoms with van der Waals surface area (Å²) in [7, 11) is 1.67. The highest BCUT2D eigenvalue weighted by atomic mass is 16.5. The molecule has 2 atom stereocenters. The van der Waals surface area contributed by atoms with E-state index in [9.17, 15) is 9.90 Å². The van der Waals surface area contributed by atoms with Crippen molar-refractivity contribution in [2.45, 2.75) is 38.8 Å².